The highest BCUT2D eigenvalue weighted by atomic mass is 31.2. The smallest absolute Gasteiger partial charge is 0.326 e. The molecule has 0 fully saturated rings. The molecule has 3 aromatic rings. The number of aliphatic carboxylic acids is 1. The summed E-state index contributed by atoms with van der Waals surface area (Å²) in [7, 11) is -3.67. The Balaban J connectivity index is 1.79. The summed E-state index contributed by atoms with van der Waals surface area (Å²) in [5.41, 5.74) is 3.90. The van der Waals surface area contributed by atoms with Gasteiger partial charge in [-0.3, -0.25) is 9.36 Å². The van der Waals surface area contributed by atoms with Crippen molar-refractivity contribution in [2.45, 2.75) is 39.2 Å². The van der Waals surface area contributed by atoms with Crippen LogP contribution in [0.4, 0.5) is 0 Å². The van der Waals surface area contributed by atoms with Gasteiger partial charge in [-0.15, -0.1) is 0 Å². The second kappa shape index (κ2) is 13.4. The molecule has 196 valence electrons. The first-order valence-corrected chi connectivity index (χ1v) is 14.7. The van der Waals surface area contributed by atoms with Gasteiger partial charge in [0.1, 0.15) is 6.04 Å². The molecule has 4 atom stereocenters. The molecular formula is C30H36NO5P. The minimum absolute atomic E-state index is 0.0570. The number of amides is 1. The summed E-state index contributed by atoms with van der Waals surface area (Å²) in [5, 5.41) is 12.3. The summed E-state index contributed by atoms with van der Waals surface area (Å²) in [6.45, 7) is 3.64. The topological polar surface area (TPSA) is 104 Å². The van der Waals surface area contributed by atoms with Crippen molar-refractivity contribution in [1.82, 2.24) is 5.32 Å². The second-order valence-corrected chi connectivity index (χ2v) is 12.2. The van der Waals surface area contributed by atoms with Crippen molar-refractivity contribution in [3.05, 3.63) is 96.1 Å². The van der Waals surface area contributed by atoms with Gasteiger partial charge in [0.15, 0.2) is 0 Å². The van der Waals surface area contributed by atoms with E-state index >= 15 is 0 Å². The zero-order valence-electron chi connectivity index (χ0n) is 21.4. The van der Waals surface area contributed by atoms with E-state index in [0.29, 0.717) is 12.8 Å². The summed E-state index contributed by atoms with van der Waals surface area (Å²) in [4.78, 5) is 36.0. The fraction of sp³-hybridized carbons (Fsp3) is 0.333. The van der Waals surface area contributed by atoms with Crippen molar-refractivity contribution in [3.8, 4) is 11.1 Å². The van der Waals surface area contributed by atoms with E-state index in [0.717, 1.165) is 22.3 Å². The highest BCUT2D eigenvalue weighted by molar-refractivity contribution is 7.58. The van der Waals surface area contributed by atoms with Crippen LogP contribution in [0.5, 0.6) is 0 Å². The maximum atomic E-state index is 13.3. The molecule has 0 saturated carbocycles. The monoisotopic (exact) mass is 521 g/mol. The van der Waals surface area contributed by atoms with Gasteiger partial charge in [0.2, 0.25) is 13.3 Å². The Morgan fingerprint density at radius 1 is 0.865 bits per heavy atom. The summed E-state index contributed by atoms with van der Waals surface area (Å²) >= 11 is 0. The third-order valence-electron chi connectivity index (χ3n) is 6.79. The molecule has 0 bridgehead atoms. The maximum absolute atomic E-state index is 13.3. The fourth-order valence-electron chi connectivity index (χ4n) is 4.33. The number of hydrogen-bond donors (Lipinski definition) is 3. The van der Waals surface area contributed by atoms with E-state index < -0.39 is 31.2 Å². The van der Waals surface area contributed by atoms with Gasteiger partial charge in [-0.25, -0.2) is 4.79 Å². The number of benzene rings is 3. The zero-order chi connectivity index (χ0) is 26.8. The minimum Gasteiger partial charge on any atom is -0.480 e. The first-order chi connectivity index (χ1) is 17.7. The maximum Gasteiger partial charge on any atom is 0.326 e. The quantitative estimate of drug-likeness (QED) is 0.253. The average Bonchev–Trinajstić information content (AvgIpc) is 2.91. The fourth-order valence-corrected chi connectivity index (χ4v) is 6.10. The van der Waals surface area contributed by atoms with E-state index in [1.54, 1.807) is 6.92 Å². The number of aryl methyl sites for hydroxylation is 1. The largest absolute Gasteiger partial charge is 0.480 e. The molecule has 7 heteroatoms. The van der Waals surface area contributed by atoms with Crippen LogP contribution >= 0.6 is 7.37 Å². The molecule has 0 aliphatic heterocycles. The van der Waals surface area contributed by atoms with Gasteiger partial charge >= 0.3 is 5.97 Å². The molecule has 0 aliphatic rings. The number of rotatable bonds is 13. The van der Waals surface area contributed by atoms with E-state index in [1.165, 1.54) is 0 Å². The second-order valence-electron chi connectivity index (χ2n) is 9.66. The molecule has 0 saturated heterocycles. The average molecular weight is 522 g/mol. The molecule has 1 amide bonds. The highest BCUT2D eigenvalue weighted by Gasteiger charge is 2.33. The Kier molecular flexibility index (Phi) is 10.2. The number of carboxylic acids is 1. The Morgan fingerprint density at radius 2 is 1.43 bits per heavy atom. The molecule has 37 heavy (non-hydrogen) atoms. The Labute approximate surface area is 219 Å². The van der Waals surface area contributed by atoms with Crippen molar-refractivity contribution >= 4 is 19.2 Å². The lowest BCUT2D eigenvalue weighted by molar-refractivity contribution is -0.143. The first-order valence-electron chi connectivity index (χ1n) is 12.7. The predicted molar refractivity (Wildman–Crippen MR) is 148 cm³/mol. The van der Waals surface area contributed by atoms with Crippen molar-refractivity contribution in [2.75, 3.05) is 12.3 Å². The van der Waals surface area contributed by atoms with E-state index in [1.807, 2.05) is 91.9 Å². The number of hydrogen-bond acceptors (Lipinski definition) is 3. The molecule has 0 heterocycles. The summed E-state index contributed by atoms with van der Waals surface area (Å²) in [5.74, 6) is -2.72. The van der Waals surface area contributed by atoms with Gasteiger partial charge in [-0.1, -0.05) is 105 Å². The molecule has 0 radical (unpaired) electrons. The Bertz CT molecular complexity index is 1200. The zero-order valence-corrected chi connectivity index (χ0v) is 22.3. The highest BCUT2D eigenvalue weighted by Crippen LogP contribution is 2.43. The molecule has 0 aliphatic carbocycles. The van der Waals surface area contributed by atoms with E-state index in [4.69, 9.17) is 0 Å². The number of nitrogens with one attached hydrogen (secondary N) is 1. The minimum atomic E-state index is -3.67. The summed E-state index contributed by atoms with van der Waals surface area (Å²) in [6, 6.07) is 26.1. The lowest BCUT2D eigenvalue weighted by atomic mass is 9.95. The number of carbonyl (C=O) groups is 2. The lowest BCUT2D eigenvalue weighted by Crippen LogP contribution is -2.48. The molecule has 3 rings (SSSR count). The van der Waals surface area contributed by atoms with Crippen LogP contribution in [0.25, 0.3) is 11.1 Å². The predicted octanol–water partition coefficient (Wildman–Crippen LogP) is 5.64. The van der Waals surface area contributed by atoms with Crippen molar-refractivity contribution < 1.29 is 24.2 Å². The third kappa shape index (κ3) is 8.70. The molecule has 3 aromatic carbocycles. The standard InChI is InChI=1S/C30H36NO5P/c1-3-22(2)28(30(33)34)31-29(32)27(21-37(35,36)19-18-23-10-6-4-7-11-23)20-24-14-16-26(17-15-24)25-12-8-5-9-13-25/h4-17,22,27-28H,3,18-21H2,1-2H3,(H,31,32)(H,33,34)(H,35,36)/t22-,27?,28-/m0/s1. The summed E-state index contributed by atoms with van der Waals surface area (Å²) < 4.78 is 13.2. The number of carbonyl (C=O) groups excluding carboxylic acids is 1. The molecule has 2 unspecified atom stereocenters. The third-order valence-corrected chi connectivity index (χ3v) is 8.72. The van der Waals surface area contributed by atoms with E-state index in [9.17, 15) is 24.2 Å². The first kappa shape index (κ1) is 28.4. The van der Waals surface area contributed by atoms with Crippen LogP contribution < -0.4 is 5.32 Å². The Hall–Kier alpha value is -3.21. The molecule has 6 nitrogen and oxygen atoms in total. The van der Waals surface area contributed by atoms with Gasteiger partial charge < -0.3 is 15.3 Å². The van der Waals surface area contributed by atoms with Crippen LogP contribution in [0.1, 0.15) is 31.4 Å². The van der Waals surface area contributed by atoms with Crippen LogP contribution in [0.15, 0.2) is 84.9 Å². The molecular weight excluding hydrogens is 485 g/mol. The van der Waals surface area contributed by atoms with Crippen LogP contribution in [0.2, 0.25) is 0 Å². The van der Waals surface area contributed by atoms with Crippen LogP contribution in [0.3, 0.4) is 0 Å². The lowest BCUT2D eigenvalue weighted by Gasteiger charge is -2.25. The van der Waals surface area contributed by atoms with Gasteiger partial charge in [-0.05, 0) is 41.0 Å². The SMILES string of the molecule is CC[C@H](C)[C@H](NC(=O)C(Cc1ccc(-c2ccccc2)cc1)CP(=O)(O)CCc1ccccc1)C(=O)O. The Morgan fingerprint density at radius 3 is 2.00 bits per heavy atom. The van der Waals surface area contributed by atoms with Crippen molar-refractivity contribution in [2.24, 2.45) is 11.8 Å². The van der Waals surface area contributed by atoms with E-state index in [-0.39, 0.29) is 24.7 Å². The van der Waals surface area contributed by atoms with Crippen LogP contribution in [-0.2, 0) is 27.0 Å². The molecule has 3 N–H and O–H groups in total. The molecule has 0 aromatic heterocycles. The van der Waals surface area contributed by atoms with Crippen LogP contribution in [0, 0.1) is 11.8 Å². The summed E-state index contributed by atoms with van der Waals surface area (Å²) in [6.07, 6.45) is 1.10. The molecule has 0 spiro atoms. The number of carboxylic acid groups (broad SMARTS) is 1. The van der Waals surface area contributed by atoms with Gasteiger partial charge in [0.25, 0.3) is 0 Å². The van der Waals surface area contributed by atoms with Crippen molar-refractivity contribution in [1.29, 1.82) is 0 Å². The van der Waals surface area contributed by atoms with Gasteiger partial charge in [0.05, 0.1) is 5.92 Å². The van der Waals surface area contributed by atoms with Gasteiger partial charge in [-0.2, -0.15) is 0 Å². The van der Waals surface area contributed by atoms with Crippen molar-refractivity contribution in [3.63, 3.8) is 0 Å². The van der Waals surface area contributed by atoms with E-state index in [2.05, 4.69) is 5.32 Å². The van der Waals surface area contributed by atoms with Gasteiger partial charge in [0, 0.05) is 12.3 Å². The van der Waals surface area contributed by atoms with Crippen LogP contribution in [-0.4, -0.2) is 40.2 Å². The normalized spacial score (nSPS) is 15.2.